The van der Waals surface area contributed by atoms with Crippen LogP contribution in [0, 0.1) is 5.82 Å². The highest BCUT2D eigenvalue weighted by Gasteiger charge is 2.32. The molecule has 0 aromatic heterocycles. The second kappa shape index (κ2) is 7.88. The van der Waals surface area contributed by atoms with Crippen molar-refractivity contribution in [3.05, 3.63) is 65.0 Å². The molecule has 1 aliphatic carbocycles. The van der Waals surface area contributed by atoms with E-state index in [4.69, 9.17) is 0 Å². The number of aryl methyl sites for hydroxylation is 1. The Morgan fingerprint density at radius 1 is 1.10 bits per heavy atom. The predicted octanol–water partition coefficient (Wildman–Crippen LogP) is 3.76. The van der Waals surface area contributed by atoms with E-state index in [9.17, 15) is 17.6 Å². The summed E-state index contributed by atoms with van der Waals surface area (Å²) < 4.78 is 41.6. The van der Waals surface area contributed by atoms with Crippen molar-refractivity contribution >= 4 is 15.9 Å². The number of benzene rings is 2. The van der Waals surface area contributed by atoms with Gasteiger partial charge in [-0.2, -0.15) is 4.31 Å². The Labute approximate surface area is 171 Å². The zero-order valence-corrected chi connectivity index (χ0v) is 17.3. The number of amides is 1. The van der Waals surface area contributed by atoms with E-state index >= 15 is 0 Å². The van der Waals surface area contributed by atoms with Crippen LogP contribution in [0.1, 0.15) is 53.2 Å². The first-order valence-electron chi connectivity index (χ1n) is 10.0. The summed E-state index contributed by atoms with van der Waals surface area (Å²) in [5.74, 6) is -1.12. The monoisotopic (exact) mass is 416 g/mol. The van der Waals surface area contributed by atoms with Crippen LogP contribution in [0.3, 0.4) is 0 Å². The van der Waals surface area contributed by atoms with Gasteiger partial charge in [-0.1, -0.05) is 30.7 Å². The van der Waals surface area contributed by atoms with Gasteiger partial charge in [0.15, 0.2) is 0 Å². The zero-order chi connectivity index (χ0) is 20.6. The van der Waals surface area contributed by atoms with E-state index in [1.54, 1.807) is 11.9 Å². The summed E-state index contributed by atoms with van der Waals surface area (Å²) in [6.45, 7) is 0.775. The zero-order valence-electron chi connectivity index (χ0n) is 16.5. The van der Waals surface area contributed by atoms with E-state index in [1.807, 2.05) is 18.2 Å². The molecular weight excluding hydrogens is 391 g/mol. The molecule has 0 spiro atoms. The Morgan fingerprint density at radius 2 is 1.83 bits per heavy atom. The quantitative estimate of drug-likeness (QED) is 0.763. The van der Waals surface area contributed by atoms with Crippen molar-refractivity contribution in [1.82, 2.24) is 9.21 Å². The number of piperidine rings is 1. The van der Waals surface area contributed by atoms with Gasteiger partial charge in [0, 0.05) is 25.7 Å². The van der Waals surface area contributed by atoms with Gasteiger partial charge in [0.1, 0.15) is 10.7 Å². The molecule has 1 fully saturated rings. The van der Waals surface area contributed by atoms with Crippen molar-refractivity contribution in [2.45, 2.75) is 43.0 Å². The number of fused-ring (bicyclic) bond motifs is 1. The normalized spacial score (nSPS) is 19.7. The van der Waals surface area contributed by atoms with Gasteiger partial charge >= 0.3 is 0 Å². The van der Waals surface area contributed by atoms with E-state index in [2.05, 4.69) is 6.07 Å². The largest absolute Gasteiger partial charge is 0.335 e. The van der Waals surface area contributed by atoms with Crippen LogP contribution in [-0.2, 0) is 16.4 Å². The molecule has 4 rings (SSSR count). The lowest BCUT2D eigenvalue weighted by molar-refractivity contribution is 0.0730. The first-order chi connectivity index (χ1) is 13.9. The van der Waals surface area contributed by atoms with Gasteiger partial charge in [-0.3, -0.25) is 4.79 Å². The number of carbonyl (C=O) groups is 1. The van der Waals surface area contributed by atoms with Gasteiger partial charge in [0.25, 0.3) is 5.91 Å². The lowest BCUT2D eigenvalue weighted by Crippen LogP contribution is -2.36. The standard InChI is InChI=1S/C22H25FN2O3S/c1-24(20-12-10-16-7-3-4-8-18(16)20)22(26)17-9-11-19(23)21(15-17)29(27,28)25-13-5-2-6-14-25/h3-4,7-9,11,15,20H,2,5-6,10,12-14H2,1H3. The number of hydrogen-bond acceptors (Lipinski definition) is 3. The van der Waals surface area contributed by atoms with Gasteiger partial charge in [0.2, 0.25) is 10.0 Å². The van der Waals surface area contributed by atoms with Crippen molar-refractivity contribution in [1.29, 1.82) is 0 Å². The molecule has 1 amide bonds. The molecule has 2 aromatic rings. The molecule has 154 valence electrons. The molecular formula is C22H25FN2O3S. The minimum Gasteiger partial charge on any atom is -0.335 e. The predicted molar refractivity (Wildman–Crippen MR) is 109 cm³/mol. The van der Waals surface area contributed by atoms with Crippen LogP contribution in [0.25, 0.3) is 0 Å². The first kappa shape index (κ1) is 20.0. The van der Waals surface area contributed by atoms with E-state index < -0.39 is 20.7 Å². The first-order valence-corrected chi connectivity index (χ1v) is 11.5. The third-order valence-corrected chi connectivity index (χ3v) is 7.91. The van der Waals surface area contributed by atoms with Crippen molar-refractivity contribution in [2.75, 3.05) is 20.1 Å². The highest BCUT2D eigenvalue weighted by atomic mass is 32.2. The number of rotatable bonds is 4. The average molecular weight is 417 g/mol. The van der Waals surface area contributed by atoms with E-state index in [0.717, 1.165) is 43.7 Å². The van der Waals surface area contributed by atoms with Crippen LogP contribution in [0.2, 0.25) is 0 Å². The number of sulfonamides is 1. The lowest BCUT2D eigenvalue weighted by atomic mass is 10.1. The Kier molecular flexibility index (Phi) is 5.44. The summed E-state index contributed by atoms with van der Waals surface area (Å²) in [5.41, 5.74) is 2.53. The van der Waals surface area contributed by atoms with Crippen LogP contribution in [0.15, 0.2) is 47.4 Å². The summed E-state index contributed by atoms with van der Waals surface area (Å²) >= 11 is 0. The molecule has 1 atom stereocenters. The fourth-order valence-corrected chi connectivity index (χ4v) is 5.97. The van der Waals surface area contributed by atoms with Crippen LogP contribution < -0.4 is 0 Å². The third kappa shape index (κ3) is 3.69. The van der Waals surface area contributed by atoms with Crippen molar-refractivity contribution in [3.8, 4) is 0 Å². The van der Waals surface area contributed by atoms with Gasteiger partial charge < -0.3 is 4.90 Å². The topological polar surface area (TPSA) is 57.7 Å². The molecule has 1 heterocycles. The highest BCUT2D eigenvalue weighted by Crippen LogP contribution is 2.35. The minimum absolute atomic E-state index is 0.0640. The number of nitrogens with zero attached hydrogens (tertiary/aromatic N) is 2. The van der Waals surface area contributed by atoms with Crippen LogP contribution in [0.5, 0.6) is 0 Å². The summed E-state index contributed by atoms with van der Waals surface area (Å²) in [4.78, 5) is 14.3. The van der Waals surface area contributed by atoms with Crippen molar-refractivity contribution < 1.29 is 17.6 Å². The Morgan fingerprint density at radius 3 is 2.59 bits per heavy atom. The maximum atomic E-state index is 14.5. The van der Waals surface area contributed by atoms with E-state index in [1.165, 1.54) is 22.0 Å². The van der Waals surface area contributed by atoms with Crippen LogP contribution in [-0.4, -0.2) is 43.7 Å². The molecule has 5 nitrogen and oxygen atoms in total. The average Bonchev–Trinajstić information content (AvgIpc) is 3.17. The summed E-state index contributed by atoms with van der Waals surface area (Å²) in [5, 5.41) is 0. The molecule has 0 N–H and O–H groups in total. The number of halogens is 1. The third-order valence-electron chi connectivity index (χ3n) is 6.00. The number of hydrogen-bond donors (Lipinski definition) is 0. The molecule has 0 bridgehead atoms. The van der Waals surface area contributed by atoms with Gasteiger partial charge in [-0.15, -0.1) is 0 Å². The highest BCUT2D eigenvalue weighted by molar-refractivity contribution is 7.89. The van der Waals surface area contributed by atoms with Gasteiger partial charge in [-0.25, -0.2) is 12.8 Å². The molecule has 0 radical (unpaired) electrons. The van der Waals surface area contributed by atoms with Crippen molar-refractivity contribution in [3.63, 3.8) is 0 Å². The fourth-order valence-electron chi connectivity index (χ4n) is 4.36. The van der Waals surface area contributed by atoms with E-state index in [0.29, 0.717) is 13.1 Å². The molecule has 2 aliphatic rings. The second-order valence-electron chi connectivity index (χ2n) is 7.78. The smallest absolute Gasteiger partial charge is 0.254 e. The van der Waals surface area contributed by atoms with Crippen LogP contribution in [0.4, 0.5) is 4.39 Å². The molecule has 1 saturated heterocycles. The molecule has 0 saturated carbocycles. The van der Waals surface area contributed by atoms with Gasteiger partial charge in [-0.05, 0) is 55.0 Å². The van der Waals surface area contributed by atoms with E-state index in [-0.39, 0.29) is 17.5 Å². The lowest BCUT2D eigenvalue weighted by Gasteiger charge is -2.27. The molecule has 29 heavy (non-hydrogen) atoms. The summed E-state index contributed by atoms with van der Waals surface area (Å²) in [7, 11) is -2.24. The molecule has 1 aliphatic heterocycles. The Bertz CT molecular complexity index is 1030. The summed E-state index contributed by atoms with van der Waals surface area (Å²) in [6, 6.07) is 11.6. The minimum atomic E-state index is -3.95. The van der Waals surface area contributed by atoms with Gasteiger partial charge in [0.05, 0.1) is 6.04 Å². The SMILES string of the molecule is CN(C(=O)c1ccc(F)c(S(=O)(=O)N2CCCCC2)c1)C1CCc2ccccc21. The number of carbonyl (C=O) groups excluding carboxylic acids is 1. The Hall–Kier alpha value is -2.25. The fraction of sp³-hybridized carbons (Fsp3) is 0.409. The molecule has 1 unspecified atom stereocenters. The van der Waals surface area contributed by atoms with Crippen LogP contribution >= 0.6 is 0 Å². The molecule has 2 aromatic carbocycles. The maximum Gasteiger partial charge on any atom is 0.254 e. The maximum absolute atomic E-state index is 14.5. The molecule has 7 heteroatoms. The Balaban J connectivity index is 1.62. The second-order valence-corrected chi connectivity index (χ2v) is 9.69. The summed E-state index contributed by atoms with van der Waals surface area (Å²) in [6.07, 6.45) is 4.23. The van der Waals surface area contributed by atoms with Crippen molar-refractivity contribution in [2.24, 2.45) is 0 Å².